The number of benzene rings is 2. The van der Waals surface area contributed by atoms with Gasteiger partial charge in [0.15, 0.2) is 0 Å². The number of halogens is 3. The van der Waals surface area contributed by atoms with Gasteiger partial charge < -0.3 is 16.4 Å². The van der Waals surface area contributed by atoms with E-state index in [1.165, 1.54) is 59.0 Å². The first-order chi connectivity index (χ1) is 18.5. The Bertz CT molecular complexity index is 1360. The Labute approximate surface area is 225 Å². The Morgan fingerprint density at radius 3 is 2.23 bits per heavy atom. The van der Waals surface area contributed by atoms with Crippen molar-refractivity contribution in [1.82, 2.24) is 14.6 Å². The number of amides is 1. The molecule has 39 heavy (non-hydrogen) atoms. The highest BCUT2D eigenvalue weighted by Crippen LogP contribution is 2.29. The average Bonchev–Trinajstić information content (AvgIpc) is 2.90. The van der Waals surface area contributed by atoms with E-state index in [1.54, 1.807) is 0 Å². The molecule has 2 aromatic carbocycles. The number of hydrogen-bond acceptors (Lipinski definition) is 6. The fourth-order valence-electron chi connectivity index (χ4n) is 4.87. The largest absolute Gasteiger partial charge is 0.323 e. The first-order valence-electron chi connectivity index (χ1n) is 12.4. The van der Waals surface area contributed by atoms with Crippen LogP contribution in [0.25, 0.3) is 0 Å². The molecule has 2 heterocycles. The standard InChI is InChI=1S/C27H30F3N5O3S/c1-39(37,38)35-13-12-32-14-21(35)10-11-22-23(30)15-33-16-24(22)34-27(36)26(31)25(17-2-6-19(28)7-3-17)18-4-8-20(29)9-5-18/h2-9,15-16,21,25-26,32H,10-14,31H2,1H3,(H,34,36)/t21-,26+/m1/s1. The summed E-state index contributed by atoms with van der Waals surface area (Å²) < 4.78 is 67.9. The van der Waals surface area contributed by atoms with Gasteiger partial charge in [0.25, 0.3) is 0 Å². The molecule has 0 unspecified atom stereocenters. The molecule has 1 aliphatic heterocycles. The fourth-order valence-corrected chi connectivity index (χ4v) is 6.02. The van der Waals surface area contributed by atoms with Crippen LogP contribution in [0, 0.1) is 17.5 Å². The van der Waals surface area contributed by atoms with Crippen molar-refractivity contribution >= 4 is 21.6 Å². The fraction of sp³-hybridized carbons (Fsp3) is 0.333. The molecule has 3 aromatic rings. The van der Waals surface area contributed by atoms with Crippen LogP contribution in [0.3, 0.4) is 0 Å². The van der Waals surface area contributed by atoms with Crippen LogP contribution in [0.5, 0.6) is 0 Å². The lowest BCUT2D eigenvalue weighted by Crippen LogP contribution is -2.53. The summed E-state index contributed by atoms with van der Waals surface area (Å²) >= 11 is 0. The maximum atomic E-state index is 14.9. The summed E-state index contributed by atoms with van der Waals surface area (Å²) in [4.78, 5) is 17.2. The molecule has 12 heteroatoms. The Kier molecular flexibility index (Phi) is 9.01. The second kappa shape index (κ2) is 12.2. The molecule has 1 aliphatic rings. The van der Waals surface area contributed by atoms with Crippen LogP contribution >= 0.6 is 0 Å². The van der Waals surface area contributed by atoms with Crippen molar-refractivity contribution in [3.8, 4) is 0 Å². The van der Waals surface area contributed by atoms with Crippen LogP contribution in [-0.2, 0) is 21.2 Å². The van der Waals surface area contributed by atoms with Crippen molar-refractivity contribution in [3.63, 3.8) is 0 Å². The quantitative estimate of drug-likeness (QED) is 0.370. The molecule has 0 radical (unpaired) electrons. The van der Waals surface area contributed by atoms with E-state index in [1.807, 2.05) is 0 Å². The minimum atomic E-state index is -3.44. The molecule has 4 N–H and O–H groups in total. The van der Waals surface area contributed by atoms with Gasteiger partial charge in [-0.25, -0.2) is 21.6 Å². The molecule has 208 valence electrons. The maximum Gasteiger partial charge on any atom is 0.242 e. The van der Waals surface area contributed by atoms with Gasteiger partial charge in [0, 0.05) is 37.2 Å². The monoisotopic (exact) mass is 561 g/mol. The molecule has 2 atom stereocenters. The Morgan fingerprint density at radius 1 is 1.08 bits per heavy atom. The Balaban J connectivity index is 1.57. The summed E-state index contributed by atoms with van der Waals surface area (Å²) in [5.74, 6) is -2.99. The highest BCUT2D eigenvalue weighted by Gasteiger charge is 2.31. The highest BCUT2D eigenvalue weighted by molar-refractivity contribution is 7.88. The predicted molar refractivity (Wildman–Crippen MR) is 142 cm³/mol. The molecule has 1 aromatic heterocycles. The minimum absolute atomic E-state index is 0.113. The zero-order chi connectivity index (χ0) is 28.2. The third kappa shape index (κ3) is 7.01. The second-order valence-electron chi connectivity index (χ2n) is 9.51. The van der Waals surface area contributed by atoms with E-state index in [-0.39, 0.29) is 23.7 Å². The number of hydrogen-bond donors (Lipinski definition) is 3. The van der Waals surface area contributed by atoms with E-state index in [2.05, 4.69) is 15.6 Å². The SMILES string of the molecule is CS(=O)(=O)N1CCNC[C@H]1CCc1c(F)cncc1NC(=O)[C@@H](N)C(c1ccc(F)cc1)c1ccc(F)cc1. The number of nitrogens with zero attached hydrogens (tertiary/aromatic N) is 2. The van der Waals surface area contributed by atoms with Crippen molar-refractivity contribution < 1.29 is 26.4 Å². The molecule has 8 nitrogen and oxygen atoms in total. The molecule has 0 spiro atoms. The van der Waals surface area contributed by atoms with Gasteiger partial charge in [-0.1, -0.05) is 24.3 Å². The minimum Gasteiger partial charge on any atom is -0.323 e. The zero-order valence-corrected chi connectivity index (χ0v) is 22.1. The lowest BCUT2D eigenvalue weighted by molar-refractivity contribution is -0.117. The zero-order valence-electron chi connectivity index (χ0n) is 21.3. The van der Waals surface area contributed by atoms with E-state index in [4.69, 9.17) is 5.73 Å². The lowest BCUT2D eigenvalue weighted by atomic mass is 9.85. The number of nitrogens with two attached hydrogens (primary N) is 1. The van der Waals surface area contributed by atoms with E-state index < -0.39 is 45.3 Å². The van der Waals surface area contributed by atoms with Gasteiger partial charge in [-0.15, -0.1) is 0 Å². The van der Waals surface area contributed by atoms with Gasteiger partial charge in [-0.3, -0.25) is 9.78 Å². The number of anilines is 1. The van der Waals surface area contributed by atoms with Crippen molar-refractivity contribution in [1.29, 1.82) is 0 Å². The van der Waals surface area contributed by atoms with Gasteiger partial charge >= 0.3 is 0 Å². The lowest BCUT2D eigenvalue weighted by Gasteiger charge is -2.34. The second-order valence-corrected chi connectivity index (χ2v) is 11.4. The van der Waals surface area contributed by atoms with Crippen LogP contribution in [-0.4, -0.2) is 61.6 Å². The van der Waals surface area contributed by atoms with Gasteiger partial charge in [0.05, 0.1) is 30.4 Å². The van der Waals surface area contributed by atoms with Crippen LogP contribution in [0.1, 0.15) is 29.0 Å². The number of pyridine rings is 1. The van der Waals surface area contributed by atoms with E-state index in [0.29, 0.717) is 37.2 Å². The third-order valence-electron chi connectivity index (χ3n) is 6.83. The molecule has 0 saturated carbocycles. The maximum absolute atomic E-state index is 14.9. The highest BCUT2D eigenvalue weighted by atomic mass is 32.2. The molecule has 0 bridgehead atoms. The van der Waals surface area contributed by atoms with Gasteiger partial charge in [-0.05, 0) is 48.2 Å². The number of sulfonamides is 1. The van der Waals surface area contributed by atoms with Gasteiger partial charge in [0.1, 0.15) is 17.5 Å². The van der Waals surface area contributed by atoms with E-state index in [9.17, 15) is 26.4 Å². The first kappa shape index (κ1) is 28.7. The third-order valence-corrected chi connectivity index (χ3v) is 8.17. The summed E-state index contributed by atoms with van der Waals surface area (Å²) in [5, 5.41) is 5.82. The molecule has 0 aliphatic carbocycles. The molecule has 1 saturated heterocycles. The average molecular weight is 562 g/mol. The summed E-state index contributed by atoms with van der Waals surface area (Å²) in [6.45, 7) is 1.26. The van der Waals surface area contributed by atoms with Crippen LogP contribution in [0.15, 0.2) is 60.9 Å². The van der Waals surface area contributed by atoms with Gasteiger partial charge in [0.2, 0.25) is 15.9 Å². The summed E-state index contributed by atoms with van der Waals surface area (Å²) in [6, 6.07) is 9.36. The number of nitrogens with one attached hydrogen (secondary N) is 2. The molecule has 4 rings (SSSR count). The smallest absolute Gasteiger partial charge is 0.242 e. The van der Waals surface area contributed by atoms with Gasteiger partial charge in [-0.2, -0.15) is 4.31 Å². The number of carbonyl (C=O) groups excluding carboxylic acids is 1. The van der Waals surface area contributed by atoms with Crippen LogP contribution in [0.2, 0.25) is 0 Å². The number of piperazine rings is 1. The van der Waals surface area contributed by atoms with Crippen LogP contribution in [0.4, 0.5) is 18.9 Å². The first-order valence-corrected chi connectivity index (χ1v) is 14.3. The van der Waals surface area contributed by atoms with Crippen molar-refractivity contribution in [3.05, 3.63) is 95.1 Å². The molecule has 1 fully saturated rings. The predicted octanol–water partition coefficient (Wildman–Crippen LogP) is 2.76. The Hall–Kier alpha value is -3.32. The normalized spacial score (nSPS) is 17.2. The topological polar surface area (TPSA) is 117 Å². The van der Waals surface area contributed by atoms with Crippen LogP contribution < -0.4 is 16.4 Å². The molecular weight excluding hydrogens is 531 g/mol. The van der Waals surface area contributed by atoms with Crippen molar-refractivity contribution in [2.24, 2.45) is 5.73 Å². The number of rotatable bonds is 9. The number of carbonyl (C=O) groups is 1. The Morgan fingerprint density at radius 2 is 1.67 bits per heavy atom. The van der Waals surface area contributed by atoms with Crippen molar-refractivity contribution in [2.75, 3.05) is 31.2 Å². The van der Waals surface area contributed by atoms with Crippen molar-refractivity contribution in [2.45, 2.75) is 30.8 Å². The molecule has 1 amide bonds. The molecular formula is C27H30F3N5O3S. The van der Waals surface area contributed by atoms with E-state index >= 15 is 0 Å². The van der Waals surface area contributed by atoms with E-state index in [0.717, 1.165) is 12.5 Å². The number of aromatic nitrogens is 1. The summed E-state index contributed by atoms with van der Waals surface area (Å²) in [6.07, 6.45) is 3.92. The summed E-state index contributed by atoms with van der Waals surface area (Å²) in [5.41, 5.74) is 7.76. The summed E-state index contributed by atoms with van der Waals surface area (Å²) in [7, 11) is -3.44.